The summed E-state index contributed by atoms with van der Waals surface area (Å²) in [5.74, 6) is 0.837. The van der Waals surface area contributed by atoms with Crippen LogP contribution in [0.1, 0.15) is 13.8 Å². The van der Waals surface area contributed by atoms with Crippen LogP contribution in [-0.4, -0.2) is 11.1 Å². The molecule has 74 valence electrons. The van der Waals surface area contributed by atoms with Gasteiger partial charge in [0.05, 0.1) is 22.0 Å². The van der Waals surface area contributed by atoms with Gasteiger partial charge < -0.3 is 9.72 Å². The van der Waals surface area contributed by atoms with Gasteiger partial charge in [0.2, 0.25) is 0 Å². The van der Waals surface area contributed by atoms with Crippen molar-refractivity contribution in [2.75, 3.05) is 0 Å². The number of rotatable bonds is 2. The molecule has 0 aliphatic rings. The normalized spacial score (nSPS) is 11.1. The molecule has 2 nitrogen and oxygen atoms in total. The van der Waals surface area contributed by atoms with E-state index in [9.17, 15) is 0 Å². The van der Waals surface area contributed by atoms with Gasteiger partial charge in [0.25, 0.3) is 0 Å². The first-order chi connectivity index (χ1) is 6.68. The van der Waals surface area contributed by atoms with E-state index in [-0.39, 0.29) is 6.10 Å². The van der Waals surface area contributed by atoms with E-state index in [1.54, 1.807) is 6.20 Å². The fraction of sp³-hybridized carbons (Fsp3) is 0.273. The predicted octanol–water partition coefficient (Wildman–Crippen LogP) is 3.61. The van der Waals surface area contributed by atoms with Crippen molar-refractivity contribution >= 4 is 22.5 Å². The molecular formula is C11H12ClNO. The molecule has 0 radical (unpaired) electrons. The zero-order chi connectivity index (χ0) is 10.1. The molecule has 1 aromatic carbocycles. The fourth-order valence-corrected chi connectivity index (χ4v) is 1.71. The van der Waals surface area contributed by atoms with E-state index in [0.29, 0.717) is 5.02 Å². The molecule has 0 bridgehead atoms. The third-order valence-corrected chi connectivity index (χ3v) is 2.28. The van der Waals surface area contributed by atoms with Gasteiger partial charge >= 0.3 is 0 Å². The van der Waals surface area contributed by atoms with Crippen LogP contribution >= 0.6 is 11.6 Å². The number of halogens is 1. The summed E-state index contributed by atoms with van der Waals surface area (Å²) in [6, 6.07) is 5.86. The summed E-state index contributed by atoms with van der Waals surface area (Å²) in [5.41, 5.74) is 1.01. The minimum atomic E-state index is 0.159. The first-order valence-electron chi connectivity index (χ1n) is 4.60. The first-order valence-corrected chi connectivity index (χ1v) is 4.98. The monoisotopic (exact) mass is 209 g/mol. The number of ether oxygens (including phenoxy) is 1. The summed E-state index contributed by atoms with van der Waals surface area (Å²) in [7, 11) is 0. The second-order valence-corrected chi connectivity index (χ2v) is 3.89. The second kappa shape index (κ2) is 3.54. The molecule has 2 aromatic rings. The predicted molar refractivity (Wildman–Crippen MR) is 59.1 cm³/mol. The van der Waals surface area contributed by atoms with Gasteiger partial charge in [-0.25, -0.2) is 0 Å². The molecule has 0 unspecified atom stereocenters. The average molecular weight is 210 g/mol. The van der Waals surface area contributed by atoms with Crippen LogP contribution in [0.4, 0.5) is 0 Å². The van der Waals surface area contributed by atoms with Crippen LogP contribution in [0.15, 0.2) is 24.4 Å². The lowest BCUT2D eigenvalue weighted by Crippen LogP contribution is -2.05. The highest BCUT2D eigenvalue weighted by molar-refractivity contribution is 6.36. The number of benzene rings is 1. The number of aromatic amines is 1. The van der Waals surface area contributed by atoms with E-state index in [1.165, 1.54) is 0 Å². The summed E-state index contributed by atoms with van der Waals surface area (Å²) in [6.07, 6.45) is 1.94. The van der Waals surface area contributed by atoms with Crippen LogP contribution in [0, 0.1) is 0 Å². The highest BCUT2D eigenvalue weighted by Crippen LogP contribution is 2.32. The standard InChI is InChI=1S/C11H12ClNO/c1-7(2)14-10-5-3-4-9-11(10)8(12)6-13-9/h3-7,13H,1-2H3. The van der Waals surface area contributed by atoms with Crippen molar-refractivity contribution in [3.8, 4) is 5.75 Å². The average Bonchev–Trinajstić information content (AvgIpc) is 2.48. The third-order valence-electron chi connectivity index (χ3n) is 1.98. The van der Waals surface area contributed by atoms with Crippen molar-refractivity contribution in [3.05, 3.63) is 29.4 Å². The maximum Gasteiger partial charge on any atom is 0.130 e. The fourth-order valence-electron chi connectivity index (χ4n) is 1.46. The van der Waals surface area contributed by atoms with Gasteiger partial charge in [-0.2, -0.15) is 0 Å². The lowest BCUT2D eigenvalue weighted by Gasteiger charge is -2.10. The molecule has 0 aliphatic carbocycles. The molecule has 0 saturated carbocycles. The molecule has 3 heteroatoms. The minimum Gasteiger partial charge on any atom is -0.490 e. The zero-order valence-electron chi connectivity index (χ0n) is 8.17. The van der Waals surface area contributed by atoms with Gasteiger partial charge in [0, 0.05) is 6.20 Å². The Morgan fingerprint density at radius 1 is 1.36 bits per heavy atom. The van der Waals surface area contributed by atoms with E-state index < -0.39 is 0 Å². The minimum absolute atomic E-state index is 0.159. The Kier molecular flexibility index (Phi) is 2.38. The number of fused-ring (bicyclic) bond motifs is 1. The Balaban J connectivity index is 2.57. The maximum absolute atomic E-state index is 6.05. The Labute approximate surface area is 87.8 Å². The molecule has 0 spiro atoms. The van der Waals surface area contributed by atoms with Crippen LogP contribution < -0.4 is 4.74 Å². The third kappa shape index (κ3) is 1.58. The number of aromatic nitrogens is 1. The highest BCUT2D eigenvalue weighted by Gasteiger charge is 2.08. The number of nitrogens with one attached hydrogen (secondary N) is 1. The summed E-state index contributed by atoms with van der Waals surface area (Å²) in [6.45, 7) is 4.00. The van der Waals surface area contributed by atoms with Gasteiger partial charge in [0.15, 0.2) is 0 Å². The largest absolute Gasteiger partial charge is 0.490 e. The molecule has 1 N–H and O–H groups in total. The lowest BCUT2D eigenvalue weighted by molar-refractivity contribution is 0.245. The molecule has 0 aliphatic heterocycles. The van der Waals surface area contributed by atoms with Crippen molar-refractivity contribution in [1.82, 2.24) is 4.98 Å². The zero-order valence-corrected chi connectivity index (χ0v) is 8.93. The van der Waals surface area contributed by atoms with E-state index in [1.807, 2.05) is 32.0 Å². The smallest absolute Gasteiger partial charge is 0.130 e. The molecule has 0 saturated heterocycles. The van der Waals surface area contributed by atoms with Crippen molar-refractivity contribution < 1.29 is 4.74 Å². The number of hydrogen-bond acceptors (Lipinski definition) is 1. The topological polar surface area (TPSA) is 25.0 Å². The van der Waals surface area contributed by atoms with Gasteiger partial charge in [0.1, 0.15) is 5.75 Å². The van der Waals surface area contributed by atoms with Crippen molar-refractivity contribution in [1.29, 1.82) is 0 Å². The Bertz CT molecular complexity index is 447. The summed E-state index contributed by atoms with van der Waals surface area (Å²) in [4.78, 5) is 3.09. The van der Waals surface area contributed by atoms with Crippen molar-refractivity contribution in [2.45, 2.75) is 20.0 Å². The van der Waals surface area contributed by atoms with E-state index in [2.05, 4.69) is 4.98 Å². The summed E-state index contributed by atoms with van der Waals surface area (Å²) >= 11 is 6.05. The number of H-pyrrole nitrogens is 1. The Morgan fingerprint density at radius 3 is 2.86 bits per heavy atom. The van der Waals surface area contributed by atoms with E-state index >= 15 is 0 Å². The SMILES string of the molecule is CC(C)Oc1cccc2[nH]cc(Cl)c12. The second-order valence-electron chi connectivity index (χ2n) is 3.48. The quantitative estimate of drug-likeness (QED) is 0.803. The van der Waals surface area contributed by atoms with Crippen LogP contribution in [0.5, 0.6) is 5.75 Å². The van der Waals surface area contributed by atoms with Crippen LogP contribution in [-0.2, 0) is 0 Å². The highest BCUT2D eigenvalue weighted by atomic mass is 35.5. The van der Waals surface area contributed by atoms with Gasteiger partial charge in [-0.05, 0) is 26.0 Å². The first kappa shape index (κ1) is 9.41. The van der Waals surface area contributed by atoms with Crippen LogP contribution in [0.3, 0.4) is 0 Å². The van der Waals surface area contributed by atoms with Gasteiger partial charge in [-0.1, -0.05) is 17.7 Å². The number of hydrogen-bond donors (Lipinski definition) is 1. The lowest BCUT2D eigenvalue weighted by atomic mass is 10.2. The Morgan fingerprint density at radius 2 is 2.14 bits per heavy atom. The van der Waals surface area contributed by atoms with Crippen LogP contribution in [0.2, 0.25) is 5.02 Å². The van der Waals surface area contributed by atoms with E-state index in [0.717, 1.165) is 16.7 Å². The van der Waals surface area contributed by atoms with Gasteiger partial charge in [-0.15, -0.1) is 0 Å². The molecule has 2 rings (SSSR count). The molecular weight excluding hydrogens is 198 g/mol. The summed E-state index contributed by atoms with van der Waals surface area (Å²) < 4.78 is 5.66. The molecule has 1 heterocycles. The molecule has 0 fully saturated rings. The maximum atomic E-state index is 6.05. The molecule has 1 aromatic heterocycles. The van der Waals surface area contributed by atoms with Crippen molar-refractivity contribution in [2.24, 2.45) is 0 Å². The van der Waals surface area contributed by atoms with E-state index in [4.69, 9.17) is 16.3 Å². The molecule has 14 heavy (non-hydrogen) atoms. The van der Waals surface area contributed by atoms with Gasteiger partial charge in [-0.3, -0.25) is 0 Å². The van der Waals surface area contributed by atoms with Crippen LogP contribution in [0.25, 0.3) is 10.9 Å². The van der Waals surface area contributed by atoms with Crippen molar-refractivity contribution in [3.63, 3.8) is 0 Å². The molecule has 0 amide bonds. The Hall–Kier alpha value is -1.15. The summed E-state index contributed by atoms with van der Waals surface area (Å²) in [5, 5.41) is 1.67. The molecule has 0 atom stereocenters.